The number of hydrogen-bond donors (Lipinski definition) is 0. The summed E-state index contributed by atoms with van der Waals surface area (Å²) in [5.74, 6) is -0.154. The Kier molecular flexibility index (Phi) is 3.24. The number of aromatic nitrogens is 3. The fourth-order valence-corrected chi connectivity index (χ4v) is 2.47. The van der Waals surface area contributed by atoms with E-state index in [9.17, 15) is 4.79 Å². The zero-order valence-corrected chi connectivity index (χ0v) is 11.6. The zero-order valence-electron chi connectivity index (χ0n) is 10.9. The molecule has 0 aliphatic carbocycles. The molecule has 0 radical (unpaired) electrons. The number of fused-ring (bicyclic) bond motifs is 1. The first-order chi connectivity index (χ1) is 9.72. The number of nitrogens with zero attached hydrogens (tertiary/aromatic N) is 3. The number of ketones is 1. The predicted molar refractivity (Wildman–Crippen MR) is 78.1 cm³/mol. The summed E-state index contributed by atoms with van der Waals surface area (Å²) in [4.78, 5) is 17.0. The molecule has 2 heterocycles. The molecule has 0 fully saturated rings. The van der Waals surface area contributed by atoms with E-state index >= 15 is 0 Å². The molecule has 20 heavy (non-hydrogen) atoms. The largest absolute Gasteiger partial charge is 0.287 e. The Balaban J connectivity index is 2.20. The molecule has 0 bridgehead atoms. The van der Waals surface area contributed by atoms with Gasteiger partial charge < -0.3 is 0 Å². The quantitative estimate of drug-likeness (QED) is 0.694. The summed E-state index contributed by atoms with van der Waals surface area (Å²) in [6.45, 7) is 2.51. The fourth-order valence-electron chi connectivity index (χ4n) is 2.24. The van der Waals surface area contributed by atoms with Crippen molar-refractivity contribution in [1.29, 1.82) is 0 Å². The predicted octanol–water partition coefficient (Wildman–Crippen LogP) is 3.34. The molecule has 0 atom stereocenters. The van der Waals surface area contributed by atoms with Gasteiger partial charge in [-0.3, -0.25) is 14.5 Å². The maximum atomic E-state index is 12.7. The van der Waals surface area contributed by atoms with Gasteiger partial charge in [0, 0.05) is 18.1 Å². The lowest BCUT2D eigenvalue weighted by molar-refractivity contribution is 0.103. The van der Waals surface area contributed by atoms with Gasteiger partial charge in [0.2, 0.25) is 5.78 Å². The molecule has 0 unspecified atom stereocenters. The first kappa shape index (κ1) is 12.8. The normalized spacial score (nSPS) is 10.9. The van der Waals surface area contributed by atoms with E-state index in [1.807, 2.05) is 31.2 Å². The average molecular weight is 286 g/mol. The molecule has 5 heteroatoms. The van der Waals surface area contributed by atoms with Crippen molar-refractivity contribution in [3.8, 4) is 0 Å². The Morgan fingerprint density at radius 3 is 2.90 bits per heavy atom. The summed E-state index contributed by atoms with van der Waals surface area (Å²) in [6, 6.07) is 9.31. The van der Waals surface area contributed by atoms with Crippen LogP contribution in [0, 0.1) is 0 Å². The van der Waals surface area contributed by atoms with E-state index in [0.717, 1.165) is 5.39 Å². The van der Waals surface area contributed by atoms with Gasteiger partial charge >= 0.3 is 0 Å². The molecule has 0 aliphatic heterocycles. The van der Waals surface area contributed by atoms with Crippen molar-refractivity contribution >= 4 is 28.3 Å². The van der Waals surface area contributed by atoms with Crippen molar-refractivity contribution in [1.82, 2.24) is 14.8 Å². The molecular formula is C15H12ClN3O. The average Bonchev–Trinajstić information content (AvgIpc) is 2.87. The number of carbonyl (C=O) groups excluding carboxylic acids is 1. The van der Waals surface area contributed by atoms with Gasteiger partial charge in [0.1, 0.15) is 5.69 Å². The van der Waals surface area contributed by atoms with Gasteiger partial charge in [-0.25, -0.2) is 0 Å². The van der Waals surface area contributed by atoms with Crippen LogP contribution in [0.1, 0.15) is 23.0 Å². The van der Waals surface area contributed by atoms with E-state index < -0.39 is 0 Å². The van der Waals surface area contributed by atoms with E-state index in [2.05, 4.69) is 10.1 Å². The molecule has 0 amide bonds. The Morgan fingerprint density at radius 1 is 1.30 bits per heavy atom. The van der Waals surface area contributed by atoms with E-state index in [4.69, 9.17) is 11.6 Å². The van der Waals surface area contributed by atoms with Gasteiger partial charge in [-0.05, 0) is 19.1 Å². The molecule has 2 aromatic heterocycles. The molecule has 4 nitrogen and oxygen atoms in total. The Hall–Kier alpha value is -2.20. The van der Waals surface area contributed by atoms with Gasteiger partial charge in [-0.15, -0.1) is 0 Å². The van der Waals surface area contributed by atoms with Crippen LogP contribution in [0.25, 0.3) is 10.9 Å². The number of aryl methyl sites for hydroxylation is 1. The van der Waals surface area contributed by atoms with Crippen LogP contribution in [0.4, 0.5) is 0 Å². The van der Waals surface area contributed by atoms with E-state index in [0.29, 0.717) is 28.3 Å². The zero-order chi connectivity index (χ0) is 14.1. The highest BCUT2D eigenvalue weighted by atomic mass is 35.5. The van der Waals surface area contributed by atoms with Crippen LogP contribution in [0.15, 0.2) is 42.7 Å². The maximum absolute atomic E-state index is 12.7. The van der Waals surface area contributed by atoms with Crippen molar-refractivity contribution in [2.75, 3.05) is 0 Å². The molecule has 0 saturated heterocycles. The summed E-state index contributed by atoms with van der Waals surface area (Å²) in [5.41, 5.74) is 1.63. The lowest BCUT2D eigenvalue weighted by atomic mass is 10.0. The van der Waals surface area contributed by atoms with Crippen molar-refractivity contribution in [2.45, 2.75) is 13.5 Å². The molecule has 1 aromatic carbocycles. The first-order valence-corrected chi connectivity index (χ1v) is 6.70. The highest BCUT2D eigenvalue weighted by Crippen LogP contribution is 2.23. The first-order valence-electron chi connectivity index (χ1n) is 6.32. The third-order valence-electron chi connectivity index (χ3n) is 3.19. The summed E-state index contributed by atoms with van der Waals surface area (Å²) in [7, 11) is 0. The Bertz CT molecular complexity index is 789. The van der Waals surface area contributed by atoms with E-state index in [-0.39, 0.29) is 5.78 Å². The number of rotatable bonds is 3. The van der Waals surface area contributed by atoms with E-state index in [1.165, 1.54) is 6.20 Å². The number of para-hydroxylation sites is 1. The number of carbonyl (C=O) groups is 1. The number of pyridine rings is 1. The van der Waals surface area contributed by atoms with Gasteiger partial charge in [0.25, 0.3) is 0 Å². The third kappa shape index (κ3) is 1.98. The second-order valence-electron chi connectivity index (χ2n) is 4.37. The highest BCUT2D eigenvalue weighted by Gasteiger charge is 2.20. The molecule has 0 aliphatic rings. The lowest BCUT2D eigenvalue weighted by Crippen LogP contribution is -2.11. The van der Waals surface area contributed by atoms with Crippen LogP contribution in [-0.4, -0.2) is 20.5 Å². The molecule has 3 aromatic rings. The molecule has 0 N–H and O–H groups in total. The number of hydrogen-bond acceptors (Lipinski definition) is 3. The van der Waals surface area contributed by atoms with Crippen molar-refractivity contribution in [3.63, 3.8) is 0 Å². The second-order valence-corrected chi connectivity index (χ2v) is 4.77. The van der Waals surface area contributed by atoms with Crippen LogP contribution < -0.4 is 0 Å². The fraction of sp³-hybridized carbons (Fsp3) is 0.133. The summed E-state index contributed by atoms with van der Waals surface area (Å²) in [6.07, 6.45) is 3.18. The molecule has 0 saturated carbocycles. The standard InChI is InChI=1S/C15H12ClN3O/c1-2-19-14(12(16)9-18-19)15(20)11-7-3-5-10-6-4-8-17-13(10)11/h3-9H,2H2,1H3. The minimum Gasteiger partial charge on any atom is -0.287 e. The molecule has 3 rings (SSSR count). The molecular weight excluding hydrogens is 274 g/mol. The van der Waals surface area contributed by atoms with Crippen LogP contribution >= 0.6 is 11.6 Å². The summed E-state index contributed by atoms with van der Waals surface area (Å²) in [5, 5.41) is 5.40. The van der Waals surface area contributed by atoms with Crippen LogP contribution in [0.5, 0.6) is 0 Å². The molecule has 0 spiro atoms. The summed E-state index contributed by atoms with van der Waals surface area (Å²) < 4.78 is 1.60. The van der Waals surface area contributed by atoms with Crippen LogP contribution in [0.3, 0.4) is 0 Å². The van der Waals surface area contributed by atoms with Crippen molar-refractivity contribution in [2.24, 2.45) is 0 Å². The van der Waals surface area contributed by atoms with Gasteiger partial charge in [-0.1, -0.05) is 29.8 Å². The topological polar surface area (TPSA) is 47.8 Å². The lowest BCUT2D eigenvalue weighted by Gasteiger charge is -2.07. The second kappa shape index (κ2) is 5.06. The minimum absolute atomic E-state index is 0.154. The third-order valence-corrected chi connectivity index (χ3v) is 3.46. The number of halogens is 1. The minimum atomic E-state index is -0.154. The Morgan fingerprint density at radius 2 is 2.10 bits per heavy atom. The Labute approximate surface area is 121 Å². The highest BCUT2D eigenvalue weighted by molar-refractivity contribution is 6.35. The van der Waals surface area contributed by atoms with Crippen molar-refractivity contribution in [3.05, 3.63) is 59.0 Å². The van der Waals surface area contributed by atoms with Gasteiger partial charge in [0.15, 0.2) is 0 Å². The molecule has 100 valence electrons. The maximum Gasteiger partial charge on any atom is 0.214 e. The van der Waals surface area contributed by atoms with Gasteiger partial charge in [0.05, 0.1) is 22.3 Å². The monoisotopic (exact) mass is 285 g/mol. The van der Waals surface area contributed by atoms with E-state index in [1.54, 1.807) is 16.9 Å². The number of benzene rings is 1. The van der Waals surface area contributed by atoms with Crippen LogP contribution in [0.2, 0.25) is 5.02 Å². The van der Waals surface area contributed by atoms with Gasteiger partial charge in [-0.2, -0.15) is 5.10 Å². The smallest absolute Gasteiger partial charge is 0.214 e. The van der Waals surface area contributed by atoms with Crippen LogP contribution in [-0.2, 0) is 6.54 Å². The van der Waals surface area contributed by atoms with Crippen molar-refractivity contribution < 1.29 is 4.79 Å². The SMILES string of the molecule is CCn1ncc(Cl)c1C(=O)c1cccc2cccnc12. The summed E-state index contributed by atoms with van der Waals surface area (Å²) >= 11 is 6.10.